The van der Waals surface area contributed by atoms with Crippen LogP contribution in [0.1, 0.15) is 16.3 Å². The van der Waals surface area contributed by atoms with E-state index in [1.54, 1.807) is 41.9 Å². The van der Waals surface area contributed by atoms with Gasteiger partial charge in [0, 0.05) is 34.9 Å². The van der Waals surface area contributed by atoms with Gasteiger partial charge in [-0.25, -0.2) is 4.98 Å². The highest BCUT2D eigenvalue weighted by Gasteiger charge is 2.08. The Hall–Kier alpha value is -2.24. The van der Waals surface area contributed by atoms with Crippen LogP contribution >= 0.6 is 22.9 Å². The smallest absolute Gasteiger partial charge is 0.230 e. The average molecular weight is 358 g/mol. The van der Waals surface area contributed by atoms with Gasteiger partial charge >= 0.3 is 0 Å². The van der Waals surface area contributed by atoms with Gasteiger partial charge in [-0.15, -0.1) is 11.3 Å². The van der Waals surface area contributed by atoms with E-state index in [4.69, 9.17) is 11.6 Å². The molecule has 0 saturated heterocycles. The van der Waals surface area contributed by atoms with E-state index in [0.717, 1.165) is 23.5 Å². The molecule has 4 nitrogen and oxygen atoms in total. The van der Waals surface area contributed by atoms with Crippen LogP contribution in [0.25, 0.3) is 0 Å². The van der Waals surface area contributed by atoms with E-state index >= 15 is 0 Å². The molecular weight excluding hydrogens is 342 g/mol. The molecule has 1 N–H and O–H groups in total. The summed E-state index contributed by atoms with van der Waals surface area (Å²) < 4.78 is 0. The molecule has 2 aromatic heterocycles. The molecule has 0 unspecified atom stereocenters. The highest BCUT2D eigenvalue weighted by atomic mass is 35.5. The lowest BCUT2D eigenvalue weighted by Gasteiger charge is -2.04. The van der Waals surface area contributed by atoms with Gasteiger partial charge in [-0.1, -0.05) is 17.7 Å². The largest absolute Gasteiger partial charge is 0.326 e. The Labute approximate surface area is 149 Å². The number of aromatic nitrogens is 2. The van der Waals surface area contributed by atoms with Crippen molar-refractivity contribution < 1.29 is 4.79 Å². The minimum absolute atomic E-state index is 0.0942. The maximum Gasteiger partial charge on any atom is 0.230 e. The van der Waals surface area contributed by atoms with E-state index in [1.807, 2.05) is 23.6 Å². The monoisotopic (exact) mass is 357 g/mol. The lowest BCUT2D eigenvalue weighted by Crippen LogP contribution is -2.14. The number of benzene rings is 1. The predicted molar refractivity (Wildman–Crippen MR) is 97.5 cm³/mol. The Kier molecular flexibility index (Phi) is 5.56. The van der Waals surface area contributed by atoms with Gasteiger partial charge < -0.3 is 5.32 Å². The Morgan fingerprint density at radius 2 is 2.00 bits per heavy atom. The summed E-state index contributed by atoms with van der Waals surface area (Å²) in [5, 5.41) is 6.41. The molecule has 2 heterocycles. The molecule has 0 radical (unpaired) electrons. The number of thiazole rings is 1. The molecule has 1 aromatic carbocycles. The molecule has 0 atom stereocenters. The molecule has 3 aromatic rings. The number of rotatable bonds is 6. The van der Waals surface area contributed by atoms with Gasteiger partial charge in [-0.05, 0) is 42.3 Å². The number of amides is 1. The van der Waals surface area contributed by atoms with Gasteiger partial charge in [-0.3, -0.25) is 9.78 Å². The Bertz CT molecular complexity index is 820. The van der Waals surface area contributed by atoms with Crippen LogP contribution in [0.15, 0.2) is 54.2 Å². The number of pyridine rings is 1. The second kappa shape index (κ2) is 8.04. The number of anilines is 1. The number of hydrogen-bond acceptors (Lipinski definition) is 4. The Morgan fingerprint density at radius 1 is 1.17 bits per heavy atom. The van der Waals surface area contributed by atoms with Crippen LogP contribution in [0, 0.1) is 0 Å². The van der Waals surface area contributed by atoms with Gasteiger partial charge in [-0.2, -0.15) is 0 Å². The lowest BCUT2D eigenvalue weighted by atomic mass is 10.1. The summed E-state index contributed by atoms with van der Waals surface area (Å²) in [6.07, 6.45) is 5.64. The third-order valence-corrected chi connectivity index (χ3v) is 4.62. The standard InChI is InChI=1S/C18H16ClN3OS/c19-14-2-1-3-15(10-14)21-17(23)11-16-12-24-18(22-16)5-4-13-6-8-20-9-7-13/h1-3,6-10,12H,4-5,11H2,(H,21,23). The van der Waals surface area contributed by atoms with E-state index < -0.39 is 0 Å². The number of nitrogens with zero attached hydrogens (tertiary/aromatic N) is 2. The minimum Gasteiger partial charge on any atom is -0.326 e. The van der Waals surface area contributed by atoms with Crippen molar-refractivity contribution in [1.82, 2.24) is 9.97 Å². The molecule has 6 heteroatoms. The van der Waals surface area contributed by atoms with Crippen LogP contribution in [0.4, 0.5) is 5.69 Å². The number of aryl methyl sites for hydroxylation is 2. The van der Waals surface area contributed by atoms with E-state index in [9.17, 15) is 4.79 Å². The van der Waals surface area contributed by atoms with Crippen LogP contribution in [-0.4, -0.2) is 15.9 Å². The number of halogens is 1. The van der Waals surface area contributed by atoms with Crippen LogP contribution in [0.3, 0.4) is 0 Å². The summed E-state index contributed by atoms with van der Waals surface area (Å²) in [6, 6.07) is 11.1. The first-order valence-corrected chi connectivity index (χ1v) is 8.82. The first kappa shape index (κ1) is 16.6. The minimum atomic E-state index is -0.0942. The van der Waals surface area contributed by atoms with Crippen LogP contribution in [0.5, 0.6) is 0 Å². The number of carbonyl (C=O) groups is 1. The van der Waals surface area contributed by atoms with E-state index in [2.05, 4.69) is 15.3 Å². The molecule has 0 fully saturated rings. The molecule has 0 saturated carbocycles. The van der Waals surface area contributed by atoms with Crippen molar-refractivity contribution in [3.05, 3.63) is 75.5 Å². The van der Waals surface area contributed by atoms with Gasteiger partial charge in [0.1, 0.15) is 0 Å². The number of nitrogens with one attached hydrogen (secondary N) is 1. The van der Waals surface area contributed by atoms with Gasteiger partial charge in [0.2, 0.25) is 5.91 Å². The predicted octanol–water partition coefficient (Wildman–Crippen LogP) is 4.16. The highest BCUT2D eigenvalue weighted by Crippen LogP contribution is 2.16. The molecule has 3 rings (SSSR count). The first-order chi connectivity index (χ1) is 11.7. The first-order valence-electron chi connectivity index (χ1n) is 7.56. The summed E-state index contributed by atoms with van der Waals surface area (Å²) in [5.74, 6) is -0.0942. The lowest BCUT2D eigenvalue weighted by molar-refractivity contribution is -0.115. The zero-order valence-corrected chi connectivity index (χ0v) is 14.5. The third kappa shape index (κ3) is 4.88. The molecule has 1 amide bonds. The highest BCUT2D eigenvalue weighted by molar-refractivity contribution is 7.09. The molecule has 0 bridgehead atoms. The number of carbonyl (C=O) groups excluding carboxylic acids is 1. The zero-order valence-electron chi connectivity index (χ0n) is 12.9. The fourth-order valence-electron chi connectivity index (χ4n) is 2.28. The second-order valence-electron chi connectivity index (χ2n) is 5.32. The molecule has 0 aliphatic rings. The zero-order chi connectivity index (χ0) is 16.8. The second-order valence-corrected chi connectivity index (χ2v) is 6.70. The summed E-state index contributed by atoms with van der Waals surface area (Å²) >= 11 is 7.50. The summed E-state index contributed by atoms with van der Waals surface area (Å²) in [6.45, 7) is 0. The fraction of sp³-hybridized carbons (Fsp3) is 0.167. The van der Waals surface area contributed by atoms with Crippen LogP contribution in [0.2, 0.25) is 5.02 Å². The van der Waals surface area contributed by atoms with Gasteiger partial charge in [0.15, 0.2) is 0 Å². The summed E-state index contributed by atoms with van der Waals surface area (Å²) in [4.78, 5) is 20.6. The van der Waals surface area contributed by atoms with Crippen molar-refractivity contribution in [3.63, 3.8) is 0 Å². The van der Waals surface area contributed by atoms with Crippen molar-refractivity contribution >= 4 is 34.5 Å². The van der Waals surface area contributed by atoms with Gasteiger partial charge in [0.05, 0.1) is 17.1 Å². The van der Waals surface area contributed by atoms with Crippen LogP contribution < -0.4 is 5.32 Å². The average Bonchev–Trinajstić information content (AvgIpc) is 3.01. The quantitative estimate of drug-likeness (QED) is 0.720. The Morgan fingerprint density at radius 3 is 2.79 bits per heavy atom. The van der Waals surface area contributed by atoms with Crippen molar-refractivity contribution in [3.8, 4) is 0 Å². The van der Waals surface area contributed by atoms with Gasteiger partial charge in [0.25, 0.3) is 0 Å². The molecule has 0 spiro atoms. The van der Waals surface area contributed by atoms with E-state index in [0.29, 0.717) is 10.7 Å². The maximum atomic E-state index is 12.1. The molecule has 24 heavy (non-hydrogen) atoms. The van der Waals surface area contributed by atoms with E-state index in [-0.39, 0.29) is 12.3 Å². The van der Waals surface area contributed by atoms with Crippen molar-refractivity contribution in [2.24, 2.45) is 0 Å². The van der Waals surface area contributed by atoms with Crippen LogP contribution in [-0.2, 0) is 24.1 Å². The maximum absolute atomic E-state index is 12.1. The van der Waals surface area contributed by atoms with Crippen molar-refractivity contribution in [2.75, 3.05) is 5.32 Å². The third-order valence-electron chi connectivity index (χ3n) is 3.43. The molecular formula is C18H16ClN3OS. The van der Waals surface area contributed by atoms with Crippen molar-refractivity contribution in [2.45, 2.75) is 19.3 Å². The fourth-order valence-corrected chi connectivity index (χ4v) is 3.27. The van der Waals surface area contributed by atoms with Crippen molar-refractivity contribution in [1.29, 1.82) is 0 Å². The molecule has 0 aliphatic carbocycles. The summed E-state index contributed by atoms with van der Waals surface area (Å²) in [5.41, 5.74) is 2.73. The Balaban J connectivity index is 1.53. The topological polar surface area (TPSA) is 54.9 Å². The number of hydrogen-bond donors (Lipinski definition) is 1. The SMILES string of the molecule is O=C(Cc1csc(CCc2ccncc2)n1)Nc1cccc(Cl)c1. The molecule has 122 valence electrons. The van der Waals surface area contributed by atoms with E-state index in [1.165, 1.54) is 5.56 Å². The molecule has 0 aliphatic heterocycles. The normalized spacial score (nSPS) is 10.5. The summed E-state index contributed by atoms with van der Waals surface area (Å²) in [7, 11) is 0.